The van der Waals surface area contributed by atoms with E-state index in [2.05, 4.69) is 11.1 Å². The van der Waals surface area contributed by atoms with Crippen molar-refractivity contribution in [3.63, 3.8) is 0 Å². The van der Waals surface area contributed by atoms with Crippen LogP contribution in [0.15, 0.2) is 48.7 Å². The number of nitrogens with zero attached hydrogens (tertiary/aromatic N) is 1. The minimum Gasteiger partial charge on any atom is -0.361 e. The molecule has 106 valence electrons. The predicted molar refractivity (Wildman–Crippen MR) is 86.9 cm³/mol. The molecule has 0 aliphatic heterocycles. The Hall–Kier alpha value is -2.55. The number of anilines is 1. The Bertz CT molecular complexity index is 797. The highest BCUT2D eigenvalue weighted by atomic mass is 16.2. The van der Waals surface area contributed by atoms with Gasteiger partial charge in [-0.25, -0.2) is 0 Å². The Morgan fingerprint density at radius 3 is 2.43 bits per heavy atom. The lowest BCUT2D eigenvalue weighted by Gasteiger charge is -2.18. The first kappa shape index (κ1) is 13.4. The molecule has 1 amide bonds. The van der Waals surface area contributed by atoms with Crippen molar-refractivity contribution < 1.29 is 4.79 Å². The molecular weight excluding hydrogens is 260 g/mol. The minimum atomic E-state index is 0.00287. The third-order valence-electron chi connectivity index (χ3n) is 3.70. The van der Waals surface area contributed by atoms with Crippen LogP contribution in [0.4, 0.5) is 5.69 Å². The first-order chi connectivity index (χ1) is 10.0. The van der Waals surface area contributed by atoms with E-state index in [0.717, 1.165) is 27.7 Å². The Morgan fingerprint density at radius 2 is 1.71 bits per heavy atom. The van der Waals surface area contributed by atoms with Gasteiger partial charge in [-0.2, -0.15) is 0 Å². The number of nitrogens with one attached hydrogen (secondary N) is 1. The minimum absolute atomic E-state index is 0.00287. The number of fused-ring (bicyclic) bond motifs is 1. The highest BCUT2D eigenvalue weighted by Gasteiger charge is 2.14. The van der Waals surface area contributed by atoms with E-state index >= 15 is 0 Å². The van der Waals surface area contributed by atoms with E-state index in [1.54, 1.807) is 4.90 Å². The number of carbonyl (C=O) groups is 1. The van der Waals surface area contributed by atoms with Crippen molar-refractivity contribution in [2.45, 2.75) is 13.8 Å². The zero-order valence-electron chi connectivity index (χ0n) is 12.5. The van der Waals surface area contributed by atoms with Gasteiger partial charge >= 0.3 is 0 Å². The van der Waals surface area contributed by atoms with Gasteiger partial charge in [0, 0.05) is 35.4 Å². The number of carbonyl (C=O) groups excluding carboxylic acids is 1. The number of aromatic amines is 1. The Kier molecular flexibility index (Phi) is 3.26. The molecule has 0 saturated carbocycles. The van der Waals surface area contributed by atoms with Crippen LogP contribution in [0.3, 0.4) is 0 Å². The van der Waals surface area contributed by atoms with Crippen molar-refractivity contribution in [1.29, 1.82) is 0 Å². The molecule has 0 fully saturated rings. The lowest BCUT2D eigenvalue weighted by Crippen LogP contribution is -2.26. The average Bonchev–Trinajstić information content (AvgIpc) is 2.92. The molecule has 0 spiro atoms. The molecule has 3 nitrogen and oxygen atoms in total. The second-order valence-electron chi connectivity index (χ2n) is 5.49. The van der Waals surface area contributed by atoms with Gasteiger partial charge in [-0.05, 0) is 61.4 Å². The van der Waals surface area contributed by atoms with E-state index in [-0.39, 0.29) is 5.91 Å². The quantitative estimate of drug-likeness (QED) is 0.754. The molecule has 0 atom stereocenters. The molecule has 2 aromatic carbocycles. The molecular formula is C18H18N2O. The standard InChI is InChI=1S/C18H18N2O/c1-12-8-13(2)10-16(9-12)20(3)18(21)15-4-5-17-14(11-15)6-7-19-17/h4-11,19H,1-3H3. The van der Waals surface area contributed by atoms with Gasteiger partial charge < -0.3 is 9.88 Å². The number of amides is 1. The number of aromatic nitrogens is 1. The summed E-state index contributed by atoms with van der Waals surface area (Å²) >= 11 is 0. The number of benzene rings is 2. The maximum absolute atomic E-state index is 12.6. The van der Waals surface area contributed by atoms with Gasteiger partial charge in [-0.15, -0.1) is 0 Å². The van der Waals surface area contributed by atoms with Crippen LogP contribution in [-0.2, 0) is 0 Å². The molecule has 1 N–H and O–H groups in total. The van der Waals surface area contributed by atoms with Crippen molar-refractivity contribution in [3.8, 4) is 0 Å². The molecule has 0 unspecified atom stereocenters. The number of aryl methyl sites for hydroxylation is 2. The molecule has 21 heavy (non-hydrogen) atoms. The number of hydrogen-bond acceptors (Lipinski definition) is 1. The van der Waals surface area contributed by atoms with Gasteiger partial charge in [0.25, 0.3) is 5.91 Å². The van der Waals surface area contributed by atoms with Crippen LogP contribution < -0.4 is 4.90 Å². The van der Waals surface area contributed by atoms with Gasteiger partial charge in [-0.1, -0.05) is 6.07 Å². The Morgan fingerprint density at radius 1 is 1.00 bits per heavy atom. The van der Waals surface area contributed by atoms with Crippen LogP contribution in [0.2, 0.25) is 0 Å². The van der Waals surface area contributed by atoms with Crippen LogP contribution in [0.5, 0.6) is 0 Å². The van der Waals surface area contributed by atoms with Crippen molar-refractivity contribution in [1.82, 2.24) is 4.98 Å². The first-order valence-electron chi connectivity index (χ1n) is 6.98. The fourth-order valence-electron chi connectivity index (χ4n) is 2.64. The lowest BCUT2D eigenvalue weighted by molar-refractivity contribution is 0.0993. The summed E-state index contributed by atoms with van der Waals surface area (Å²) in [6, 6.07) is 13.9. The van der Waals surface area contributed by atoms with Crippen LogP contribution in [0, 0.1) is 13.8 Å². The summed E-state index contributed by atoms with van der Waals surface area (Å²) in [6.07, 6.45) is 1.88. The smallest absolute Gasteiger partial charge is 0.258 e. The summed E-state index contributed by atoms with van der Waals surface area (Å²) in [4.78, 5) is 17.5. The zero-order chi connectivity index (χ0) is 15.0. The maximum Gasteiger partial charge on any atom is 0.258 e. The summed E-state index contributed by atoms with van der Waals surface area (Å²) < 4.78 is 0. The van der Waals surface area contributed by atoms with E-state index < -0.39 is 0 Å². The topological polar surface area (TPSA) is 36.1 Å². The second kappa shape index (κ2) is 5.09. The van der Waals surface area contributed by atoms with E-state index in [9.17, 15) is 4.79 Å². The second-order valence-corrected chi connectivity index (χ2v) is 5.49. The molecule has 3 rings (SSSR count). The highest BCUT2D eigenvalue weighted by molar-refractivity contribution is 6.07. The lowest BCUT2D eigenvalue weighted by atomic mass is 10.1. The van der Waals surface area contributed by atoms with E-state index in [0.29, 0.717) is 5.56 Å². The largest absolute Gasteiger partial charge is 0.361 e. The third kappa shape index (κ3) is 2.55. The van der Waals surface area contributed by atoms with Gasteiger partial charge in [0.1, 0.15) is 0 Å². The summed E-state index contributed by atoms with van der Waals surface area (Å²) in [5, 5.41) is 1.05. The molecule has 3 heteroatoms. The molecule has 3 aromatic rings. The molecule has 0 radical (unpaired) electrons. The number of rotatable bonds is 2. The van der Waals surface area contributed by atoms with Crippen LogP contribution in [0.25, 0.3) is 10.9 Å². The molecule has 1 heterocycles. The van der Waals surface area contributed by atoms with Gasteiger partial charge in [0.05, 0.1) is 0 Å². The molecule has 0 saturated heterocycles. The summed E-state index contributed by atoms with van der Waals surface area (Å²) in [7, 11) is 1.82. The predicted octanol–water partition coefficient (Wildman–Crippen LogP) is 4.06. The van der Waals surface area contributed by atoms with Gasteiger partial charge in [0.15, 0.2) is 0 Å². The van der Waals surface area contributed by atoms with Crippen LogP contribution in [-0.4, -0.2) is 17.9 Å². The maximum atomic E-state index is 12.6. The summed E-state index contributed by atoms with van der Waals surface area (Å²) in [5.74, 6) is 0.00287. The van der Waals surface area contributed by atoms with Crippen molar-refractivity contribution in [2.24, 2.45) is 0 Å². The zero-order valence-corrected chi connectivity index (χ0v) is 12.5. The number of H-pyrrole nitrogens is 1. The fraction of sp³-hybridized carbons (Fsp3) is 0.167. The Labute approximate surface area is 124 Å². The van der Waals surface area contributed by atoms with Crippen molar-refractivity contribution in [3.05, 3.63) is 65.4 Å². The van der Waals surface area contributed by atoms with Crippen molar-refractivity contribution >= 4 is 22.5 Å². The Balaban J connectivity index is 1.96. The van der Waals surface area contributed by atoms with Crippen LogP contribution >= 0.6 is 0 Å². The highest BCUT2D eigenvalue weighted by Crippen LogP contribution is 2.21. The SMILES string of the molecule is Cc1cc(C)cc(N(C)C(=O)c2ccc3[nH]ccc3c2)c1. The van der Waals surface area contributed by atoms with E-state index in [1.807, 2.05) is 63.5 Å². The summed E-state index contributed by atoms with van der Waals surface area (Å²) in [6.45, 7) is 4.08. The normalized spacial score (nSPS) is 10.8. The molecule has 1 aromatic heterocycles. The first-order valence-corrected chi connectivity index (χ1v) is 6.98. The monoisotopic (exact) mass is 278 g/mol. The molecule has 0 bridgehead atoms. The number of hydrogen-bond donors (Lipinski definition) is 1. The van der Waals surface area contributed by atoms with Crippen molar-refractivity contribution in [2.75, 3.05) is 11.9 Å². The van der Waals surface area contributed by atoms with Crippen LogP contribution in [0.1, 0.15) is 21.5 Å². The summed E-state index contributed by atoms with van der Waals surface area (Å²) in [5.41, 5.74) is 4.98. The molecule has 0 aliphatic carbocycles. The fourth-order valence-corrected chi connectivity index (χ4v) is 2.64. The van der Waals surface area contributed by atoms with Gasteiger partial charge in [-0.3, -0.25) is 4.79 Å². The van der Waals surface area contributed by atoms with Gasteiger partial charge in [0.2, 0.25) is 0 Å². The van der Waals surface area contributed by atoms with E-state index in [1.165, 1.54) is 0 Å². The third-order valence-corrected chi connectivity index (χ3v) is 3.70. The average molecular weight is 278 g/mol. The molecule has 0 aliphatic rings. The van der Waals surface area contributed by atoms with E-state index in [4.69, 9.17) is 0 Å².